The van der Waals surface area contributed by atoms with Crippen LogP contribution in [0.3, 0.4) is 0 Å². The Kier molecular flexibility index (Phi) is 10.2. The van der Waals surface area contributed by atoms with Crippen molar-refractivity contribution in [2.75, 3.05) is 6.61 Å². The topological polar surface area (TPSA) is 57.5 Å². The molecule has 3 nitrogen and oxygen atoms in total. The number of aliphatic hydroxyl groups is 1. The molecule has 0 spiro atoms. The van der Waals surface area contributed by atoms with Crippen LogP contribution in [0.15, 0.2) is 48.6 Å². The second-order valence-electron chi connectivity index (χ2n) is 4.73. The van der Waals surface area contributed by atoms with E-state index in [1.165, 1.54) is 6.08 Å². The van der Waals surface area contributed by atoms with E-state index in [1.807, 2.05) is 36.5 Å². The Hall–Kier alpha value is -1.61. The molecule has 0 heterocycles. The standard InChI is InChI=1S/C20H32O3/c21-19-17-15-13-11-9-7-5-3-1-2-4-6-8-10-12-14-16-18-20(22)23/h1,3-4,6-7,9-10,12,21H,2,5,8,11,13-19H2,(H,22,23)/b3-1-,6-4+,9-7-,12-10-/i11D2,13D2,15D2. The van der Waals surface area contributed by atoms with Gasteiger partial charge in [-0.2, -0.15) is 0 Å². The van der Waals surface area contributed by atoms with Crippen LogP contribution in [0.4, 0.5) is 0 Å². The van der Waals surface area contributed by atoms with Gasteiger partial charge in [-0.25, -0.2) is 0 Å². The van der Waals surface area contributed by atoms with Crippen LogP contribution in [-0.2, 0) is 4.79 Å². The van der Waals surface area contributed by atoms with Gasteiger partial charge in [-0.15, -0.1) is 0 Å². The number of rotatable bonds is 15. The van der Waals surface area contributed by atoms with E-state index in [1.54, 1.807) is 0 Å². The molecule has 0 saturated heterocycles. The highest BCUT2D eigenvalue weighted by Crippen LogP contribution is 2.01. The van der Waals surface area contributed by atoms with Gasteiger partial charge in [0.1, 0.15) is 0 Å². The molecule has 0 rings (SSSR count). The molecule has 0 atom stereocenters. The van der Waals surface area contributed by atoms with Gasteiger partial charge >= 0.3 is 5.97 Å². The number of carbonyl (C=O) groups is 1. The quantitative estimate of drug-likeness (QED) is 0.322. The zero-order chi connectivity index (χ0) is 22.4. The molecule has 0 aromatic rings. The number of aliphatic hydroxyl groups excluding tert-OH is 1. The zero-order valence-electron chi connectivity index (χ0n) is 19.6. The summed E-state index contributed by atoms with van der Waals surface area (Å²) in [7, 11) is 0. The minimum atomic E-state index is -2.77. The fourth-order valence-corrected chi connectivity index (χ4v) is 1.54. The van der Waals surface area contributed by atoms with Gasteiger partial charge in [0.05, 0.1) is 0 Å². The molecular formula is C20H32O3. The van der Waals surface area contributed by atoms with Crippen molar-refractivity contribution < 1.29 is 23.2 Å². The monoisotopic (exact) mass is 326 g/mol. The third-order valence-electron chi connectivity index (χ3n) is 2.68. The lowest BCUT2D eigenvalue weighted by atomic mass is 10.2. The summed E-state index contributed by atoms with van der Waals surface area (Å²) in [5, 5.41) is 17.4. The van der Waals surface area contributed by atoms with Gasteiger partial charge in [-0.05, 0) is 51.3 Å². The highest BCUT2D eigenvalue weighted by atomic mass is 16.4. The molecule has 0 aromatic carbocycles. The Labute approximate surface area is 149 Å². The lowest BCUT2D eigenvalue weighted by molar-refractivity contribution is -0.137. The van der Waals surface area contributed by atoms with Crippen molar-refractivity contribution in [1.29, 1.82) is 0 Å². The molecule has 0 aliphatic carbocycles. The minimum Gasteiger partial charge on any atom is -0.481 e. The van der Waals surface area contributed by atoms with E-state index in [-0.39, 0.29) is 6.42 Å². The van der Waals surface area contributed by atoms with E-state index in [0.29, 0.717) is 19.3 Å². The molecule has 0 unspecified atom stereocenters. The molecule has 0 aliphatic rings. The van der Waals surface area contributed by atoms with E-state index in [0.717, 1.165) is 18.9 Å². The highest BCUT2D eigenvalue weighted by molar-refractivity contribution is 5.66. The van der Waals surface area contributed by atoms with Gasteiger partial charge in [0.25, 0.3) is 0 Å². The second-order valence-corrected chi connectivity index (χ2v) is 4.73. The molecule has 130 valence electrons. The van der Waals surface area contributed by atoms with E-state index >= 15 is 0 Å². The number of unbranched alkanes of at least 4 members (excludes halogenated alkanes) is 1. The molecule has 0 aromatic heterocycles. The van der Waals surface area contributed by atoms with Crippen molar-refractivity contribution in [2.45, 2.75) is 64.1 Å². The van der Waals surface area contributed by atoms with Crippen LogP contribution in [0, 0.1) is 0 Å². The number of hydrogen-bond donors (Lipinski definition) is 2. The van der Waals surface area contributed by atoms with Gasteiger partial charge < -0.3 is 10.2 Å². The van der Waals surface area contributed by atoms with Gasteiger partial charge in [0.15, 0.2) is 0 Å². The summed E-state index contributed by atoms with van der Waals surface area (Å²) < 4.78 is 46.7. The predicted octanol–water partition coefficient (Wildman–Crippen LogP) is 5.19. The smallest absolute Gasteiger partial charge is 0.303 e. The van der Waals surface area contributed by atoms with Crippen LogP contribution in [0.5, 0.6) is 0 Å². The van der Waals surface area contributed by atoms with Crippen LogP contribution in [0.2, 0.25) is 0 Å². The first-order valence-electron chi connectivity index (χ1n) is 10.9. The SMILES string of the molecule is [2H]C([2H])(/C=C\C/C=C\C/C=C/C/C=C\CCCC(=O)O)C([2H])([2H])C([2H])([2H])CCO. The fraction of sp³-hybridized carbons (Fsp3) is 0.550. The fourth-order valence-electron chi connectivity index (χ4n) is 1.54. The van der Waals surface area contributed by atoms with Crippen molar-refractivity contribution in [3.05, 3.63) is 48.6 Å². The maximum atomic E-state index is 10.4. The van der Waals surface area contributed by atoms with Crippen LogP contribution in [-0.4, -0.2) is 22.8 Å². The van der Waals surface area contributed by atoms with Crippen LogP contribution < -0.4 is 0 Å². The minimum absolute atomic E-state index is 0.182. The second kappa shape index (κ2) is 18.4. The van der Waals surface area contributed by atoms with Gasteiger partial charge in [0, 0.05) is 21.3 Å². The van der Waals surface area contributed by atoms with E-state index in [4.69, 9.17) is 18.4 Å². The predicted molar refractivity (Wildman–Crippen MR) is 97.5 cm³/mol. The van der Waals surface area contributed by atoms with E-state index in [9.17, 15) is 4.79 Å². The normalized spacial score (nSPS) is 18.1. The largest absolute Gasteiger partial charge is 0.481 e. The first-order chi connectivity index (χ1) is 13.5. The number of allylic oxidation sites excluding steroid dienone is 8. The molecule has 0 aliphatic heterocycles. The summed E-state index contributed by atoms with van der Waals surface area (Å²) >= 11 is 0. The first-order valence-corrected chi connectivity index (χ1v) is 7.93. The number of aliphatic carboxylic acids is 1. The summed E-state index contributed by atoms with van der Waals surface area (Å²) in [4.78, 5) is 10.4. The van der Waals surface area contributed by atoms with E-state index < -0.39 is 38.1 Å². The molecule has 23 heavy (non-hydrogen) atoms. The average molecular weight is 327 g/mol. The molecule has 0 saturated carbocycles. The Morgan fingerprint density at radius 2 is 1.39 bits per heavy atom. The van der Waals surface area contributed by atoms with Crippen LogP contribution >= 0.6 is 0 Å². The number of hydrogen-bond acceptors (Lipinski definition) is 2. The summed E-state index contributed by atoms with van der Waals surface area (Å²) in [6, 6.07) is 0. The zero-order valence-corrected chi connectivity index (χ0v) is 13.6. The summed E-state index contributed by atoms with van der Waals surface area (Å²) in [5.41, 5.74) is 0. The van der Waals surface area contributed by atoms with Crippen molar-refractivity contribution in [1.82, 2.24) is 0 Å². The molecule has 0 fully saturated rings. The Morgan fingerprint density at radius 3 is 1.96 bits per heavy atom. The van der Waals surface area contributed by atoms with Crippen molar-refractivity contribution in [3.8, 4) is 0 Å². The van der Waals surface area contributed by atoms with Gasteiger partial charge in [-0.3, -0.25) is 4.79 Å². The molecule has 2 N–H and O–H groups in total. The van der Waals surface area contributed by atoms with Gasteiger partial charge in [0.2, 0.25) is 0 Å². The van der Waals surface area contributed by atoms with Crippen molar-refractivity contribution >= 4 is 5.97 Å². The molecule has 0 bridgehead atoms. The third-order valence-corrected chi connectivity index (χ3v) is 2.68. The number of carboxylic acids is 1. The van der Waals surface area contributed by atoms with E-state index in [2.05, 4.69) is 0 Å². The maximum absolute atomic E-state index is 10.4. The third kappa shape index (κ3) is 20.4. The van der Waals surface area contributed by atoms with Crippen LogP contribution in [0.1, 0.15) is 72.3 Å². The first kappa shape index (κ1) is 12.8. The molecular weight excluding hydrogens is 288 g/mol. The average Bonchev–Trinajstić information content (AvgIpc) is 2.61. The Bertz CT molecular complexity index is 595. The van der Waals surface area contributed by atoms with Gasteiger partial charge in [-0.1, -0.05) is 55.0 Å². The lowest BCUT2D eigenvalue weighted by Gasteiger charge is -1.93. The Balaban J connectivity index is 4.24. The summed E-state index contributed by atoms with van der Waals surface area (Å²) in [6.45, 7) is -0.553. The molecule has 0 radical (unpaired) electrons. The molecule has 0 amide bonds. The summed E-state index contributed by atoms with van der Waals surface area (Å²) in [5.74, 6) is -0.780. The van der Waals surface area contributed by atoms with Crippen molar-refractivity contribution in [2.24, 2.45) is 0 Å². The maximum Gasteiger partial charge on any atom is 0.303 e. The number of carboxylic acid groups (broad SMARTS) is 1. The Morgan fingerprint density at radius 1 is 0.826 bits per heavy atom. The van der Waals surface area contributed by atoms with Crippen molar-refractivity contribution in [3.63, 3.8) is 0 Å². The summed E-state index contributed by atoms with van der Waals surface area (Å²) in [6.07, 6.45) is 9.33. The molecule has 3 heteroatoms. The van der Waals surface area contributed by atoms with Crippen LogP contribution in [0.25, 0.3) is 0 Å². The highest BCUT2D eigenvalue weighted by Gasteiger charge is 1.92. The lowest BCUT2D eigenvalue weighted by Crippen LogP contribution is -1.92.